The van der Waals surface area contributed by atoms with E-state index >= 15 is 0 Å². The molecule has 0 unspecified atom stereocenters. The SMILES string of the molecule is COc1ccc(CNC(=O)c2ccnc(Nc3cccc(F)c3)n2)cc1OC. The topological polar surface area (TPSA) is 85.4 Å². The third-order valence-electron chi connectivity index (χ3n) is 3.87. The van der Waals surface area contributed by atoms with Crippen LogP contribution in [0.3, 0.4) is 0 Å². The number of halogens is 1. The molecule has 7 nitrogen and oxygen atoms in total. The Morgan fingerprint density at radius 1 is 1.07 bits per heavy atom. The van der Waals surface area contributed by atoms with Crippen molar-refractivity contribution in [3.05, 3.63) is 71.8 Å². The lowest BCUT2D eigenvalue weighted by molar-refractivity contribution is 0.0946. The molecule has 144 valence electrons. The lowest BCUT2D eigenvalue weighted by Crippen LogP contribution is -2.24. The number of amides is 1. The van der Waals surface area contributed by atoms with E-state index in [-0.39, 0.29) is 29.9 Å². The number of anilines is 2. The number of nitrogens with zero attached hydrogens (tertiary/aromatic N) is 2. The van der Waals surface area contributed by atoms with Crippen molar-refractivity contribution in [3.63, 3.8) is 0 Å². The largest absolute Gasteiger partial charge is 0.493 e. The fraction of sp³-hybridized carbons (Fsp3) is 0.150. The van der Waals surface area contributed by atoms with E-state index in [4.69, 9.17) is 9.47 Å². The Bertz CT molecular complexity index is 981. The summed E-state index contributed by atoms with van der Waals surface area (Å²) in [7, 11) is 3.11. The zero-order valence-corrected chi connectivity index (χ0v) is 15.4. The van der Waals surface area contributed by atoms with Crippen molar-refractivity contribution in [3.8, 4) is 11.5 Å². The second kappa shape index (κ2) is 8.81. The zero-order valence-electron chi connectivity index (χ0n) is 15.4. The van der Waals surface area contributed by atoms with Crippen LogP contribution >= 0.6 is 0 Å². The van der Waals surface area contributed by atoms with E-state index in [9.17, 15) is 9.18 Å². The lowest BCUT2D eigenvalue weighted by Gasteiger charge is -2.10. The van der Waals surface area contributed by atoms with Crippen molar-refractivity contribution in [1.82, 2.24) is 15.3 Å². The molecule has 0 saturated carbocycles. The van der Waals surface area contributed by atoms with Gasteiger partial charge in [0.05, 0.1) is 14.2 Å². The Kier molecular flexibility index (Phi) is 6.01. The van der Waals surface area contributed by atoms with Gasteiger partial charge in [-0.1, -0.05) is 12.1 Å². The van der Waals surface area contributed by atoms with Gasteiger partial charge in [-0.3, -0.25) is 4.79 Å². The van der Waals surface area contributed by atoms with Crippen LogP contribution in [0.5, 0.6) is 11.5 Å². The number of carbonyl (C=O) groups is 1. The zero-order chi connectivity index (χ0) is 19.9. The van der Waals surface area contributed by atoms with Gasteiger partial charge in [-0.2, -0.15) is 0 Å². The highest BCUT2D eigenvalue weighted by Gasteiger charge is 2.10. The molecule has 0 radical (unpaired) electrons. The summed E-state index contributed by atoms with van der Waals surface area (Å²) in [6.45, 7) is 0.288. The molecule has 0 saturated heterocycles. The molecule has 2 aromatic carbocycles. The van der Waals surface area contributed by atoms with Crippen LogP contribution < -0.4 is 20.1 Å². The van der Waals surface area contributed by atoms with Crippen LogP contribution in [-0.2, 0) is 6.54 Å². The van der Waals surface area contributed by atoms with E-state index in [0.29, 0.717) is 17.2 Å². The number of ether oxygens (including phenoxy) is 2. The first-order chi connectivity index (χ1) is 13.6. The van der Waals surface area contributed by atoms with Gasteiger partial charge >= 0.3 is 0 Å². The van der Waals surface area contributed by atoms with E-state index < -0.39 is 0 Å². The monoisotopic (exact) mass is 382 g/mol. The number of benzene rings is 2. The maximum atomic E-state index is 13.3. The molecule has 8 heteroatoms. The fourth-order valence-electron chi connectivity index (χ4n) is 2.50. The van der Waals surface area contributed by atoms with Crippen molar-refractivity contribution >= 4 is 17.5 Å². The average Bonchev–Trinajstić information content (AvgIpc) is 2.72. The first kappa shape index (κ1) is 19.1. The normalized spacial score (nSPS) is 10.2. The van der Waals surface area contributed by atoms with Gasteiger partial charge in [-0.05, 0) is 42.0 Å². The van der Waals surface area contributed by atoms with Gasteiger partial charge in [-0.15, -0.1) is 0 Å². The maximum Gasteiger partial charge on any atom is 0.270 e. The second-order valence-electron chi connectivity index (χ2n) is 5.77. The first-order valence-corrected chi connectivity index (χ1v) is 8.44. The third-order valence-corrected chi connectivity index (χ3v) is 3.87. The molecular weight excluding hydrogens is 363 g/mol. The first-order valence-electron chi connectivity index (χ1n) is 8.44. The number of hydrogen-bond acceptors (Lipinski definition) is 6. The number of hydrogen-bond donors (Lipinski definition) is 2. The molecule has 0 atom stereocenters. The highest BCUT2D eigenvalue weighted by Crippen LogP contribution is 2.27. The minimum Gasteiger partial charge on any atom is -0.493 e. The summed E-state index contributed by atoms with van der Waals surface area (Å²) in [5.41, 5.74) is 1.52. The van der Waals surface area contributed by atoms with E-state index in [0.717, 1.165) is 5.56 Å². The summed E-state index contributed by atoms with van der Waals surface area (Å²) in [5.74, 6) is 0.650. The van der Waals surface area contributed by atoms with Crippen molar-refractivity contribution in [2.75, 3.05) is 19.5 Å². The Hall–Kier alpha value is -3.68. The molecule has 3 rings (SSSR count). The summed E-state index contributed by atoms with van der Waals surface area (Å²) in [5, 5.41) is 5.66. The Balaban J connectivity index is 1.66. The molecule has 0 aliphatic rings. The number of rotatable bonds is 7. The molecule has 1 heterocycles. The van der Waals surface area contributed by atoms with Crippen LogP contribution in [0, 0.1) is 5.82 Å². The van der Waals surface area contributed by atoms with Gasteiger partial charge in [0.25, 0.3) is 5.91 Å². The number of nitrogens with one attached hydrogen (secondary N) is 2. The highest BCUT2D eigenvalue weighted by atomic mass is 19.1. The predicted molar refractivity (Wildman–Crippen MR) is 102 cm³/mol. The average molecular weight is 382 g/mol. The van der Waals surface area contributed by atoms with Crippen LogP contribution in [0.4, 0.5) is 16.0 Å². The number of carbonyl (C=O) groups excluding carboxylic acids is 1. The quantitative estimate of drug-likeness (QED) is 0.652. The smallest absolute Gasteiger partial charge is 0.270 e. The maximum absolute atomic E-state index is 13.3. The molecule has 1 amide bonds. The molecule has 0 fully saturated rings. The number of aromatic nitrogens is 2. The summed E-state index contributed by atoms with van der Waals surface area (Å²) in [6.07, 6.45) is 1.46. The molecule has 1 aromatic heterocycles. The Morgan fingerprint density at radius 3 is 2.64 bits per heavy atom. The van der Waals surface area contributed by atoms with Crippen LogP contribution in [0.25, 0.3) is 0 Å². The molecule has 0 spiro atoms. The summed E-state index contributed by atoms with van der Waals surface area (Å²) < 4.78 is 23.7. The van der Waals surface area contributed by atoms with Gasteiger partial charge in [0.1, 0.15) is 11.5 Å². The fourth-order valence-corrected chi connectivity index (χ4v) is 2.50. The number of methoxy groups -OCH3 is 2. The molecule has 0 bridgehead atoms. The van der Waals surface area contributed by atoms with Crippen LogP contribution in [-0.4, -0.2) is 30.1 Å². The molecule has 3 aromatic rings. The molecule has 2 N–H and O–H groups in total. The molecule has 0 aliphatic heterocycles. The van der Waals surface area contributed by atoms with E-state index in [2.05, 4.69) is 20.6 Å². The summed E-state index contributed by atoms with van der Waals surface area (Å²) in [6, 6.07) is 12.8. The molecular formula is C20H19FN4O3. The van der Waals surface area contributed by atoms with Gasteiger partial charge in [0.15, 0.2) is 11.5 Å². The summed E-state index contributed by atoms with van der Waals surface area (Å²) >= 11 is 0. The van der Waals surface area contributed by atoms with Crippen molar-refractivity contribution < 1.29 is 18.7 Å². The van der Waals surface area contributed by atoms with Crippen LogP contribution in [0.15, 0.2) is 54.7 Å². The van der Waals surface area contributed by atoms with E-state index in [1.54, 1.807) is 38.5 Å². The van der Waals surface area contributed by atoms with Crippen LogP contribution in [0.2, 0.25) is 0 Å². The van der Waals surface area contributed by atoms with Crippen LogP contribution in [0.1, 0.15) is 16.1 Å². The second-order valence-corrected chi connectivity index (χ2v) is 5.77. The van der Waals surface area contributed by atoms with Crippen molar-refractivity contribution in [1.29, 1.82) is 0 Å². The van der Waals surface area contributed by atoms with Crippen molar-refractivity contribution in [2.45, 2.75) is 6.54 Å². The Morgan fingerprint density at radius 2 is 1.89 bits per heavy atom. The Labute approximate surface area is 161 Å². The lowest BCUT2D eigenvalue weighted by atomic mass is 10.2. The standard InChI is InChI=1S/C20H19FN4O3/c1-27-17-7-6-13(10-18(17)28-2)12-23-19(26)16-8-9-22-20(25-16)24-15-5-3-4-14(21)11-15/h3-11H,12H2,1-2H3,(H,23,26)(H,22,24,25). The van der Waals surface area contributed by atoms with E-state index in [1.807, 2.05) is 6.07 Å². The molecule has 0 aliphatic carbocycles. The minimum absolute atomic E-state index is 0.189. The molecule has 28 heavy (non-hydrogen) atoms. The summed E-state index contributed by atoms with van der Waals surface area (Å²) in [4.78, 5) is 20.6. The van der Waals surface area contributed by atoms with Gasteiger partial charge < -0.3 is 20.1 Å². The van der Waals surface area contributed by atoms with Gasteiger partial charge in [0, 0.05) is 18.4 Å². The van der Waals surface area contributed by atoms with Gasteiger partial charge in [-0.25, -0.2) is 14.4 Å². The van der Waals surface area contributed by atoms with Crippen molar-refractivity contribution in [2.24, 2.45) is 0 Å². The highest BCUT2D eigenvalue weighted by molar-refractivity contribution is 5.92. The minimum atomic E-state index is -0.381. The van der Waals surface area contributed by atoms with Gasteiger partial charge in [0.2, 0.25) is 5.95 Å². The van der Waals surface area contributed by atoms with E-state index in [1.165, 1.54) is 24.4 Å². The third kappa shape index (κ3) is 4.73. The predicted octanol–water partition coefficient (Wildman–Crippen LogP) is 3.31.